The quantitative estimate of drug-likeness (QED) is 0.207. The summed E-state index contributed by atoms with van der Waals surface area (Å²) < 4.78 is 37.0. The molecule has 0 aliphatic carbocycles. The van der Waals surface area contributed by atoms with Gasteiger partial charge in [-0.2, -0.15) is 0 Å². The van der Waals surface area contributed by atoms with Crippen LogP contribution in [0.4, 0.5) is 0 Å². The minimum atomic E-state index is -1.47. The predicted molar refractivity (Wildman–Crippen MR) is 150 cm³/mol. The Morgan fingerprint density at radius 1 is 1.07 bits per heavy atom. The number of carbonyl (C=O) groups excluding carboxylic acids is 5. The number of nitrogens with zero attached hydrogens (tertiary/aromatic N) is 1. The molecule has 3 rings (SSSR count). The maximum atomic E-state index is 13.4. The fraction of sp³-hybridized carbons (Fsp3) is 0.467. The molecule has 2 heterocycles. The van der Waals surface area contributed by atoms with E-state index in [0.717, 1.165) is 5.56 Å². The first-order chi connectivity index (χ1) is 21.0. The van der Waals surface area contributed by atoms with Crippen LogP contribution in [-0.4, -0.2) is 87.2 Å². The normalized spacial score (nSPS) is 20.2. The minimum Gasteiger partial charge on any atom is -0.493 e. The number of nitrogens with one attached hydrogen (secondary N) is 1. The second-order valence-corrected chi connectivity index (χ2v) is 10.1. The summed E-state index contributed by atoms with van der Waals surface area (Å²) in [6.07, 6.45) is -0.850. The van der Waals surface area contributed by atoms with E-state index >= 15 is 0 Å². The van der Waals surface area contributed by atoms with Crippen molar-refractivity contribution < 1.29 is 57.1 Å². The molecule has 4 atom stereocenters. The van der Waals surface area contributed by atoms with Crippen molar-refractivity contribution in [2.24, 2.45) is 11.8 Å². The van der Waals surface area contributed by atoms with Crippen LogP contribution in [0.15, 0.2) is 42.6 Å². The highest BCUT2D eigenvalue weighted by molar-refractivity contribution is 5.98. The van der Waals surface area contributed by atoms with E-state index in [4.69, 9.17) is 28.4 Å². The van der Waals surface area contributed by atoms with Crippen LogP contribution < -0.4 is 14.8 Å². The molecule has 0 spiro atoms. The highest BCUT2D eigenvalue weighted by atomic mass is 16.7. The maximum Gasteiger partial charge on any atom is 0.334 e. The van der Waals surface area contributed by atoms with E-state index in [1.54, 1.807) is 38.1 Å². The molecule has 1 amide bonds. The van der Waals surface area contributed by atoms with Gasteiger partial charge < -0.3 is 38.5 Å². The Morgan fingerprint density at radius 2 is 1.80 bits per heavy atom. The molecule has 1 saturated heterocycles. The SMILES string of the molecule is COCC(=O)OCOc1c(OC)ccnc1C(=O)N[C@H]1COC(=O)[C@H](Cc2ccccc2)[C@@H](OC(=O)C(C)C)[C@H](C)OC1=O. The summed E-state index contributed by atoms with van der Waals surface area (Å²) in [6, 6.07) is 8.97. The summed E-state index contributed by atoms with van der Waals surface area (Å²) in [5.74, 6) is -5.52. The van der Waals surface area contributed by atoms with Crippen LogP contribution in [0.2, 0.25) is 0 Å². The van der Waals surface area contributed by atoms with Crippen LogP contribution in [0.3, 0.4) is 0 Å². The van der Waals surface area contributed by atoms with Gasteiger partial charge in [-0.1, -0.05) is 44.2 Å². The number of ether oxygens (including phenoxy) is 7. The first kappa shape index (κ1) is 33.8. The maximum absolute atomic E-state index is 13.4. The van der Waals surface area contributed by atoms with Crippen molar-refractivity contribution in [3.63, 3.8) is 0 Å². The summed E-state index contributed by atoms with van der Waals surface area (Å²) in [5, 5.41) is 2.45. The third-order valence-electron chi connectivity index (χ3n) is 6.46. The molecule has 0 unspecified atom stereocenters. The van der Waals surface area contributed by atoms with Crippen molar-refractivity contribution in [1.29, 1.82) is 0 Å². The summed E-state index contributed by atoms with van der Waals surface area (Å²) in [6.45, 7) is 3.28. The molecule has 1 aliphatic rings. The van der Waals surface area contributed by atoms with Gasteiger partial charge in [0.05, 0.1) is 13.0 Å². The van der Waals surface area contributed by atoms with Gasteiger partial charge in [-0.25, -0.2) is 14.6 Å². The smallest absolute Gasteiger partial charge is 0.334 e. The number of hydrogen-bond acceptors (Lipinski definition) is 13. The van der Waals surface area contributed by atoms with Gasteiger partial charge >= 0.3 is 23.9 Å². The molecule has 1 N–H and O–H groups in total. The molecule has 44 heavy (non-hydrogen) atoms. The van der Waals surface area contributed by atoms with Crippen molar-refractivity contribution in [3.05, 3.63) is 53.9 Å². The largest absolute Gasteiger partial charge is 0.493 e. The highest BCUT2D eigenvalue weighted by Crippen LogP contribution is 2.30. The predicted octanol–water partition coefficient (Wildman–Crippen LogP) is 1.63. The number of esters is 4. The van der Waals surface area contributed by atoms with Crippen LogP contribution in [0, 0.1) is 11.8 Å². The van der Waals surface area contributed by atoms with Crippen LogP contribution in [-0.2, 0) is 49.3 Å². The van der Waals surface area contributed by atoms with Gasteiger partial charge in [-0.05, 0) is 18.9 Å². The van der Waals surface area contributed by atoms with Gasteiger partial charge in [0, 0.05) is 19.4 Å². The lowest BCUT2D eigenvalue weighted by atomic mass is 9.91. The molecular formula is C30H36N2O12. The van der Waals surface area contributed by atoms with E-state index in [1.165, 1.54) is 33.4 Å². The minimum absolute atomic E-state index is 0.0867. The van der Waals surface area contributed by atoms with E-state index in [1.807, 2.05) is 6.07 Å². The summed E-state index contributed by atoms with van der Waals surface area (Å²) >= 11 is 0. The number of rotatable bonds is 12. The summed E-state index contributed by atoms with van der Waals surface area (Å²) in [4.78, 5) is 68.2. The second-order valence-electron chi connectivity index (χ2n) is 10.1. The fourth-order valence-corrected chi connectivity index (χ4v) is 4.18. The molecule has 1 aliphatic heterocycles. The van der Waals surface area contributed by atoms with Gasteiger partial charge in [-0.15, -0.1) is 0 Å². The molecule has 1 fully saturated rings. The molecular weight excluding hydrogens is 580 g/mol. The average Bonchev–Trinajstić information content (AvgIpc) is 3.03. The number of pyridine rings is 1. The first-order valence-electron chi connectivity index (χ1n) is 13.8. The third kappa shape index (κ3) is 9.14. The number of hydrogen-bond donors (Lipinski definition) is 1. The van der Waals surface area contributed by atoms with E-state index in [2.05, 4.69) is 15.0 Å². The molecule has 0 saturated carbocycles. The number of carbonyl (C=O) groups is 5. The van der Waals surface area contributed by atoms with Gasteiger partial charge in [0.15, 0.2) is 29.3 Å². The Morgan fingerprint density at radius 3 is 2.45 bits per heavy atom. The zero-order chi connectivity index (χ0) is 32.2. The molecule has 14 nitrogen and oxygen atoms in total. The number of cyclic esters (lactones) is 2. The highest BCUT2D eigenvalue weighted by Gasteiger charge is 2.42. The number of aromatic nitrogens is 1. The van der Waals surface area contributed by atoms with Crippen LogP contribution in [0.25, 0.3) is 0 Å². The van der Waals surface area contributed by atoms with E-state index in [0.29, 0.717) is 0 Å². The fourth-order valence-electron chi connectivity index (χ4n) is 4.18. The standard InChI is InChI=1S/C30H36N2O12/c1-17(2)28(35)44-25-18(3)43-30(37)21(14-40-29(36)20(25)13-19-9-7-6-8-10-19)32-27(34)24-26(22(39-5)11-12-31-24)42-16-41-23(33)15-38-4/h6-12,17-18,20-21,25H,13-16H2,1-5H3,(H,32,34)/t18-,20+,21-,25-/m0/s1. The third-order valence-corrected chi connectivity index (χ3v) is 6.46. The Kier molecular flexibility index (Phi) is 12.4. The molecule has 1 aromatic carbocycles. The van der Waals surface area contributed by atoms with E-state index in [-0.39, 0.29) is 30.2 Å². The molecule has 1 aromatic heterocycles. The van der Waals surface area contributed by atoms with Crippen molar-refractivity contribution in [2.45, 2.75) is 45.4 Å². The van der Waals surface area contributed by atoms with Crippen molar-refractivity contribution in [2.75, 3.05) is 34.2 Å². The lowest BCUT2D eigenvalue weighted by Gasteiger charge is -2.29. The Bertz CT molecular complexity index is 1320. The zero-order valence-electron chi connectivity index (χ0n) is 25.1. The van der Waals surface area contributed by atoms with E-state index < -0.39 is 73.3 Å². The Hall–Kier alpha value is -4.72. The van der Waals surface area contributed by atoms with Crippen molar-refractivity contribution in [1.82, 2.24) is 10.3 Å². The van der Waals surface area contributed by atoms with Crippen LogP contribution >= 0.6 is 0 Å². The van der Waals surface area contributed by atoms with Gasteiger partial charge in [0.25, 0.3) is 5.91 Å². The van der Waals surface area contributed by atoms with Crippen LogP contribution in [0.5, 0.6) is 11.5 Å². The second kappa shape index (κ2) is 16.2. The molecule has 238 valence electrons. The van der Waals surface area contributed by atoms with Gasteiger partial charge in [0.1, 0.15) is 25.2 Å². The van der Waals surface area contributed by atoms with Gasteiger partial charge in [-0.3, -0.25) is 14.4 Å². The van der Waals surface area contributed by atoms with E-state index in [9.17, 15) is 24.0 Å². The lowest BCUT2D eigenvalue weighted by molar-refractivity contribution is -0.176. The molecule has 0 bridgehead atoms. The van der Waals surface area contributed by atoms with Crippen molar-refractivity contribution >= 4 is 29.8 Å². The Labute approximate surface area is 254 Å². The number of benzene rings is 1. The summed E-state index contributed by atoms with van der Waals surface area (Å²) in [7, 11) is 2.64. The lowest BCUT2D eigenvalue weighted by Crippen LogP contribution is -2.47. The Balaban J connectivity index is 1.84. The zero-order valence-corrected chi connectivity index (χ0v) is 25.1. The van der Waals surface area contributed by atoms with Crippen LogP contribution in [0.1, 0.15) is 36.8 Å². The monoisotopic (exact) mass is 616 g/mol. The first-order valence-corrected chi connectivity index (χ1v) is 13.8. The molecule has 14 heteroatoms. The number of methoxy groups -OCH3 is 2. The van der Waals surface area contributed by atoms with Gasteiger partial charge in [0.2, 0.25) is 6.79 Å². The topological polar surface area (TPSA) is 175 Å². The average molecular weight is 617 g/mol. The summed E-state index contributed by atoms with van der Waals surface area (Å²) in [5.41, 5.74) is 0.456. The number of amides is 1. The molecule has 0 radical (unpaired) electrons. The van der Waals surface area contributed by atoms with Crippen molar-refractivity contribution in [3.8, 4) is 11.5 Å². The molecule has 2 aromatic rings.